The number of ether oxygens (including phenoxy) is 2. The molecule has 0 aliphatic rings. The first-order chi connectivity index (χ1) is 14.0. The van der Waals surface area contributed by atoms with Gasteiger partial charge in [-0.05, 0) is 20.3 Å². The maximum Gasteiger partial charge on any atom is 0.355 e. The zero-order valence-electron chi connectivity index (χ0n) is 16.6. The van der Waals surface area contributed by atoms with E-state index in [1.165, 1.54) is 0 Å². The van der Waals surface area contributed by atoms with Crippen molar-refractivity contribution in [3.8, 4) is 11.8 Å². The van der Waals surface area contributed by atoms with Crippen molar-refractivity contribution in [1.29, 1.82) is 5.26 Å². The lowest BCUT2D eigenvalue weighted by Crippen LogP contribution is -2.17. The summed E-state index contributed by atoms with van der Waals surface area (Å²) in [6.45, 7) is 5.93. The first-order valence-electron chi connectivity index (χ1n) is 9.55. The van der Waals surface area contributed by atoms with Gasteiger partial charge in [-0.1, -0.05) is 31.2 Å². The molecule has 1 aromatic heterocycles. The van der Waals surface area contributed by atoms with Crippen LogP contribution in [0.25, 0.3) is 21.7 Å². The number of phenols is 1. The van der Waals surface area contributed by atoms with Gasteiger partial charge in [0.15, 0.2) is 0 Å². The molecule has 3 rings (SSSR count). The number of rotatable bonds is 6. The van der Waals surface area contributed by atoms with E-state index in [0.717, 1.165) is 0 Å². The Morgan fingerprint density at radius 3 is 2.28 bits per heavy atom. The van der Waals surface area contributed by atoms with Crippen molar-refractivity contribution in [3.63, 3.8) is 0 Å². The molecule has 0 fully saturated rings. The molecule has 7 nitrogen and oxygen atoms in total. The Morgan fingerprint density at radius 2 is 1.69 bits per heavy atom. The third kappa shape index (κ3) is 3.17. The molecule has 1 N–H and O–H groups in total. The van der Waals surface area contributed by atoms with Crippen molar-refractivity contribution in [2.24, 2.45) is 0 Å². The summed E-state index contributed by atoms with van der Waals surface area (Å²) < 4.78 is 12.1. The second-order valence-electron chi connectivity index (χ2n) is 6.42. The van der Waals surface area contributed by atoms with Crippen molar-refractivity contribution in [2.75, 3.05) is 13.2 Å². The van der Waals surface area contributed by atoms with Crippen LogP contribution < -0.4 is 0 Å². The van der Waals surface area contributed by atoms with Crippen LogP contribution in [0.1, 0.15) is 53.6 Å². The molecule has 0 aliphatic carbocycles. The fourth-order valence-corrected chi connectivity index (χ4v) is 3.66. The van der Waals surface area contributed by atoms with Crippen LogP contribution >= 0.6 is 0 Å². The molecular weight excluding hydrogens is 372 g/mol. The minimum Gasteiger partial charge on any atom is -0.506 e. The van der Waals surface area contributed by atoms with E-state index in [0.29, 0.717) is 29.3 Å². The number of hydrogen-bond acceptors (Lipinski definition) is 6. The first-order valence-corrected chi connectivity index (χ1v) is 9.55. The van der Waals surface area contributed by atoms with Gasteiger partial charge < -0.3 is 19.1 Å². The van der Waals surface area contributed by atoms with Gasteiger partial charge >= 0.3 is 11.9 Å². The largest absolute Gasteiger partial charge is 0.506 e. The van der Waals surface area contributed by atoms with Crippen LogP contribution in [0.3, 0.4) is 0 Å². The lowest BCUT2D eigenvalue weighted by atomic mass is 9.98. The number of nitrogens with zero attached hydrogens (tertiary/aromatic N) is 2. The van der Waals surface area contributed by atoms with Crippen LogP contribution in [-0.2, 0) is 16.0 Å². The molecule has 0 saturated heterocycles. The third-order valence-corrected chi connectivity index (χ3v) is 4.69. The molecule has 0 unspecified atom stereocenters. The number of hydrogen-bond donors (Lipinski definition) is 1. The first kappa shape index (κ1) is 20.2. The van der Waals surface area contributed by atoms with E-state index in [9.17, 15) is 20.0 Å². The van der Waals surface area contributed by atoms with Gasteiger partial charge in [0.25, 0.3) is 0 Å². The molecule has 0 atom stereocenters. The van der Waals surface area contributed by atoms with Crippen molar-refractivity contribution < 1.29 is 24.2 Å². The topological polar surface area (TPSA) is 102 Å². The number of esters is 2. The number of carbonyl (C=O) groups excluding carboxylic acids is 2. The summed E-state index contributed by atoms with van der Waals surface area (Å²) in [7, 11) is 0. The summed E-state index contributed by atoms with van der Waals surface area (Å²) in [4.78, 5) is 25.8. The normalized spacial score (nSPS) is 10.8. The minimum absolute atomic E-state index is 0.0365. The molecule has 0 aliphatic heterocycles. The van der Waals surface area contributed by atoms with Gasteiger partial charge in [0.05, 0.1) is 18.7 Å². The van der Waals surface area contributed by atoms with E-state index in [4.69, 9.17) is 9.47 Å². The van der Waals surface area contributed by atoms with Crippen LogP contribution in [-0.4, -0.2) is 34.8 Å². The van der Waals surface area contributed by atoms with Crippen LogP contribution in [0.5, 0.6) is 5.75 Å². The van der Waals surface area contributed by atoms with Gasteiger partial charge in [-0.2, -0.15) is 5.26 Å². The molecule has 2 aromatic carbocycles. The summed E-state index contributed by atoms with van der Waals surface area (Å²) in [5.41, 5.74) is 0.450. The Bertz CT molecular complexity index is 1150. The maximum absolute atomic E-state index is 12.9. The minimum atomic E-state index is -0.735. The van der Waals surface area contributed by atoms with Gasteiger partial charge in [0, 0.05) is 22.7 Å². The second kappa shape index (κ2) is 8.23. The van der Waals surface area contributed by atoms with Crippen molar-refractivity contribution in [2.45, 2.75) is 33.7 Å². The molecule has 0 saturated carbocycles. The Hall–Kier alpha value is -3.53. The van der Waals surface area contributed by atoms with Crippen LogP contribution in [0.2, 0.25) is 0 Å². The number of nitriles is 1. The van der Waals surface area contributed by atoms with Gasteiger partial charge in [-0.3, -0.25) is 0 Å². The van der Waals surface area contributed by atoms with E-state index in [-0.39, 0.29) is 41.2 Å². The highest BCUT2D eigenvalue weighted by Crippen LogP contribution is 2.41. The zero-order valence-corrected chi connectivity index (χ0v) is 16.6. The fraction of sp³-hybridized carbons (Fsp3) is 0.318. The molecule has 0 radical (unpaired) electrons. The van der Waals surface area contributed by atoms with Crippen LogP contribution in [0.4, 0.5) is 0 Å². The summed E-state index contributed by atoms with van der Waals surface area (Å²) in [5.74, 6) is -1.64. The van der Waals surface area contributed by atoms with Crippen molar-refractivity contribution in [1.82, 2.24) is 4.57 Å². The second-order valence-corrected chi connectivity index (χ2v) is 6.42. The van der Waals surface area contributed by atoms with Crippen molar-refractivity contribution >= 4 is 33.6 Å². The quantitative estimate of drug-likeness (QED) is 0.631. The highest BCUT2D eigenvalue weighted by atomic mass is 16.5. The lowest BCUT2D eigenvalue weighted by Gasteiger charge is -2.11. The monoisotopic (exact) mass is 394 g/mol. The highest BCUT2D eigenvalue weighted by Gasteiger charge is 2.33. The molecule has 0 bridgehead atoms. The number of fused-ring (bicyclic) bond motifs is 3. The van der Waals surface area contributed by atoms with Gasteiger partial charge in [0.1, 0.15) is 28.6 Å². The molecule has 29 heavy (non-hydrogen) atoms. The summed E-state index contributed by atoms with van der Waals surface area (Å²) in [5, 5.41) is 21.9. The molecule has 7 heteroatoms. The highest BCUT2D eigenvalue weighted by molar-refractivity contribution is 6.22. The van der Waals surface area contributed by atoms with Gasteiger partial charge in [-0.25, -0.2) is 9.59 Å². The summed E-state index contributed by atoms with van der Waals surface area (Å²) in [6.07, 6.45) is 0.676. The Labute approximate surface area is 168 Å². The summed E-state index contributed by atoms with van der Waals surface area (Å²) in [6, 6.07) is 9.03. The number of carbonyl (C=O) groups is 2. The van der Waals surface area contributed by atoms with Crippen LogP contribution in [0, 0.1) is 11.3 Å². The van der Waals surface area contributed by atoms with E-state index >= 15 is 0 Å². The molecule has 150 valence electrons. The molecule has 3 aromatic rings. The van der Waals surface area contributed by atoms with Gasteiger partial charge in [-0.15, -0.1) is 0 Å². The summed E-state index contributed by atoms with van der Waals surface area (Å²) >= 11 is 0. The third-order valence-electron chi connectivity index (χ3n) is 4.69. The maximum atomic E-state index is 12.9. The molecule has 0 amide bonds. The average molecular weight is 394 g/mol. The van der Waals surface area contributed by atoms with E-state index < -0.39 is 11.9 Å². The average Bonchev–Trinajstić information content (AvgIpc) is 3.04. The number of aryl methyl sites for hydroxylation is 1. The number of phenolic OH excluding ortho intramolecular Hbond substituents is 1. The standard InChI is InChI=1S/C22H22N2O5/c1-4-11-24-18-13-9-7-8-10-14(13)20(25)15(12-23)16(18)17(21(26)28-5-2)19(24)22(27)29-6-3/h7-10,25H,4-6,11H2,1-3H3. The lowest BCUT2D eigenvalue weighted by molar-refractivity contribution is 0.0472. The van der Waals surface area contributed by atoms with Crippen molar-refractivity contribution in [3.05, 3.63) is 41.1 Å². The number of aromatic nitrogens is 1. The van der Waals surface area contributed by atoms with E-state index in [1.54, 1.807) is 42.7 Å². The number of benzene rings is 2. The van der Waals surface area contributed by atoms with E-state index in [2.05, 4.69) is 0 Å². The van der Waals surface area contributed by atoms with Crippen LogP contribution in [0.15, 0.2) is 24.3 Å². The predicted molar refractivity (Wildman–Crippen MR) is 108 cm³/mol. The fourth-order valence-electron chi connectivity index (χ4n) is 3.66. The van der Waals surface area contributed by atoms with E-state index in [1.807, 2.05) is 13.0 Å². The molecule has 1 heterocycles. The smallest absolute Gasteiger partial charge is 0.355 e. The molecule has 0 spiro atoms. The Balaban J connectivity index is 2.63. The zero-order chi connectivity index (χ0) is 21.1. The Kier molecular flexibility index (Phi) is 5.74. The predicted octanol–water partition coefficient (Wildman–Crippen LogP) is 4.14. The molecular formula is C22H22N2O5. The number of aromatic hydroxyl groups is 1. The van der Waals surface area contributed by atoms with Gasteiger partial charge in [0.2, 0.25) is 0 Å². The SMILES string of the molecule is CCCn1c(C(=O)OCC)c(C(=O)OCC)c2c(C#N)c(O)c3ccccc3c21. The Morgan fingerprint density at radius 1 is 1.07 bits per heavy atom.